The molecule has 0 bridgehead atoms. The van der Waals surface area contributed by atoms with Crippen molar-refractivity contribution in [1.82, 2.24) is 0 Å². The van der Waals surface area contributed by atoms with Crippen molar-refractivity contribution in [2.75, 3.05) is 5.32 Å². The molecule has 3 aromatic carbocycles. The van der Waals surface area contributed by atoms with Crippen LogP contribution in [0.1, 0.15) is 80.5 Å². The number of rotatable bonds is 10. The highest BCUT2D eigenvalue weighted by molar-refractivity contribution is 6.45. The van der Waals surface area contributed by atoms with Gasteiger partial charge in [0.1, 0.15) is 17.1 Å². The Morgan fingerprint density at radius 1 is 0.878 bits per heavy atom. The number of hydrogen-bond acceptors (Lipinski definition) is 7. The Hall–Kier alpha value is -4.72. The molecule has 212 valence electrons. The Labute approximate surface area is 238 Å². The number of fused-ring (bicyclic) bond motifs is 1. The molecule has 8 nitrogen and oxygen atoms in total. The van der Waals surface area contributed by atoms with Crippen LogP contribution in [-0.2, 0) is 9.59 Å². The highest BCUT2D eigenvalue weighted by atomic mass is 16.4. The summed E-state index contributed by atoms with van der Waals surface area (Å²) in [6, 6.07) is 21.2. The number of benzene rings is 3. The van der Waals surface area contributed by atoms with E-state index in [0.29, 0.717) is 16.6 Å². The van der Waals surface area contributed by atoms with E-state index in [2.05, 4.69) is 10.5 Å². The van der Waals surface area contributed by atoms with Gasteiger partial charge in [-0.25, -0.2) is 4.79 Å². The fraction of sp³-hybridized carbons (Fsp3) is 0.273. The molecule has 1 aromatic heterocycles. The maximum absolute atomic E-state index is 13.4. The van der Waals surface area contributed by atoms with Crippen molar-refractivity contribution in [1.29, 1.82) is 0 Å². The normalized spacial score (nSPS) is 12.6. The largest absolute Gasteiger partial charge is 0.507 e. The number of hydrogen-bond donors (Lipinski definition) is 3. The summed E-state index contributed by atoms with van der Waals surface area (Å²) in [5, 5.41) is 27.2. The third-order valence-corrected chi connectivity index (χ3v) is 7.16. The summed E-state index contributed by atoms with van der Waals surface area (Å²) in [7, 11) is 0. The van der Waals surface area contributed by atoms with Gasteiger partial charge in [0, 0.05) is 18.0 Å². The number of carbonyl (C=O) groups is 2. The Morgan fingerprint density at radius 2 is 1.49 bits per heavy atom. The molecule has 4 aromatic rings. The Kier molecular flexibility index (Phi) is 9.02. The van der Waals surface area contributed by atoms with Gasteiger partial charge in [0.25, 0.3) is 5.91 Å². The second kappa shape index (κ2) is 12.6. The molecule has 1 unspecified atom stereocenters. The smallest absolute Gasteiger partial charge is 0.343 e. The zero-order chi connectivity index (χ0) is 29.7. The zero-order valence-corrected chi connectivity index (χ0v) is 23.5. The van der Waals surface area contributed by atoms with E-state index < -0.39 is 29.7 Å². The van der Waals surface area contributed by atoms with Crippen molar-refractivity contribution >= 4 is 34.1 Å². The lowest BCUT2D eigenvalue weighted by atomic mass is 9.86. The summed E-state index contributed by atoms with van der Waals surface area (Å²) < 4.78 is 5.47. The van der Waals surface area contributed by atoms with Crippen molar-refractivity contribution in [2.45, 2.75) is 58.3 Å². The van der Waals surface area contributed by atoms with E-state index in [-0.39, 0.29) is 40.9 Å². The fourth-order valence-electron chi connectivity index (χ4n) is 5.06. The van der Waals surface area contributed by atoms with Crippen molar-refractivity contribution in [3.8, 4) is 5.75 Å². The molecule has 41 heavy (non-hydrogen) atoms. The summed E-state index contributed by atoms with van der Waals surface area (Å²) in [5.41, 5.74) is 2.16. The summed E-state index contributed by atoms with van der Waals surface area (Å²) >= 11 is 0. The molecular formula is C33H34N2O6. The van der Waals surface area contributed by atoms with Gasteiger partial charge in [-0.1, -0.05) is 93.5 Å². The number of nitrogens with zero attached hydrogens (tertiary/aromatic N) is 1. The first-order valence-corrected chi connectivity index (χ1v) is 13.6. The molecule has 0 saturated carbocycles. The third kappa shape index (κ3) is 6.38. The number of para-hydroxylation sites is 2. The van der Waals surface area contributed by atoms with E-state index in [9.17, 15) is 24.7 Å². The van der Waals surface area contributed by atoms with Crippen molar-refractivity contribution in [3.63, 3.8) is 0 Å². The van der Waals surface area contributed by atoms with E-state index >= 15 is 0 Å². The zero-order valence-electron chi connectivity index (χ0n) is 23.5. The molecular weight excluding hydrogens is 520 g/mol. The fourth-order valence-corrected chi connectivity index (χ4v) is 5.06. The van der Waals surface area contributed by atoms with Crippen LogP contribution in [0.25, 0.3) is 11.0 Å². The lowest BCUT2D eigenvalue weighted by Gasteiger charge is -2.20. The first-order valence-electron chi connectivity index (χ1n) is 13.6. The first-order chi connectivity index (χ1) is 19.6. The lowest BCUT2D eigenvalue weighted by molar-refractivity contribution is -0.119. The lowest BCUT2D eigenvalue weighted by Crippen LogP contribution is -2.27. The SMILES string of the molecule is CC(C)c1cccc(C(C)C)c1NC(=O)/C(CC(=O)CC(c1ccccc1)c1c(O)c2ccccc2oc1=O)=N\O. The van der Waals surface area contributed by atoms with Crippen molar-refractivity contribution in [3.05, 3.63) is 105 Å². The maximum Gasteiger partial charge on any atom is 0.343 e. The maximum atomic E-state index is 13.4. The molecule has 0 saturated heterocycles. The van der Waals surface area contributed by atoms with Gasteiger partial charge in [-0.3, -0.25) is 9.59 Å². The van der Waals surface area contributed by atoms with Gasteiger partial charge in [0.05, 0.1) is 17.4 Å². The van der Waals surface area contributed by atoms with Crippen LogP contribution in [0.15, 0.2) is 87.2 Å². The second-order valence-electron chi connectivity index (χ2n) is 10.7. The van der Waals surface area contributed by atoms with Gasteiger partial charge in [0.15, 0.2) is 5.71 Å². The van der Waals surface area contributed by atoms with Gasteiger partial charge in [0.2, 0.25) is 0 Å². The highest BCUT2D eigenvalue weighted by Gasteiger charge is 2.29. The highest BCUT2D eigenvalue weighted by Crippen LogP contribution is 2.37. The Bertz CT molecular complexity index is 1630. The van der Waals surface area contributed by atoms with E-state index in [1.807, 2.05) is 45.9 Å². The molecule has 1 heterocycles. The average molecular weight is 555 g/mol. The number of Topliss-reactive ketones (excluding diaryl/α,β-unsaturated/α-hetero) is 1. The minimum absolute atomic E-state index is 0.0531. The topological polar surface area (TPSA) is 129 Å². The summed E-state index contributed by atoms with van der Waals surface area (Å²) in [4.78, 5) is 39.7. The number of ketones is 1. The third-order valence-electron chi connectivity index (χ3n) is 7.16. The van der Waals surface area contributed by atoms with Crippen molar-refractivity contribution in [2.24, 2.45) is 5.16 Å². The molecule has 3 N–H and O–H groups in total. The van der Waals surface area contributed by atoms with Crippen LogP contribution in [0.4, 0.5) is 5.69 Å². The number of aromatic hydroxyl groups is 1. The van der Waals surface area contributed by atoms with Gasteiger partial charge in [-0.05, 0) is 40.7 Å². The molecule has 0 aliphatic heterocycles. The molecule has 0 radical (unpaired) electrons. The molecule has 1 amide bonds. The van der Waals surface area contributed by atoms with E-state index in [1.165, 1.54) is 0 Å². The Balaban J connectivity index is 1.63. The molecule has 4 rings (SSSR count). The van der Waals surface area contributed by atoms with Crippen LogP contribution >= 0.6 is 0 Å². The van der Waals surface area contributed by atoms with Crippen molar-refractivity contribution < 1.29 is 24.3 Å². The predicted molar refractivity (Wildman–Crippen MR) is 159 cm³/mol. The van der Waals surface area contributed by atoms with Crippen LogP contribution in [0, 0.1) is 0 Å². The average Bonchev–Trinajstić information content (AvgIpc) is 2.95. The number of anilines is 1. The summed E-state index contributed by atoms with van der Waals surface area (Å²) in [5.74, 6) is -2.04. The molecule has 1 atom stereocenters. The monoisotopic (exact) mass is 554 g/mol. The molecule has 0 fully saturated rings. The molecule has 8 heteroatoms. The summed E-state index contributed by atoms with van der Waals surface area (Å²) in [6.07, 6.45) is -0.723. The van der Waals surface area contributed by atoms with Crippen LogP contribution in [0.3, 0.4) is 0 Å². The minimum Gasteiger partial charge on any atom is -0.507 e. The molecule has 0 aliphatic carbocycles. The number of carbonyl (C=O) groups excluding carboxylic acids is 2. The second-order valence-corrected chi connectivity index (χ2v) is 10.7. The van der Waals surface area contributed by atoms with Gasteiger partial charge < -0.3 is 20.0 Å². The molecule has 0 aliphatic rings. The minimum atomic E-state index is -0.859. The Morgan fingerprint density at radius 3 is 2.10 bits per heavy atom. The number of nitrogens with one attached hydrogen (secondary N) is 1. The van der Waals surface area contributed by atoms with E-state index in [1.54, 1.807) is 54.6 Å². The predicted octanol–water partition coefficient (Wildman–Crippen LogP) is 6.70. The standard InChI is InChI=1S/C33H34N2O6/c1-19(2)23-14-10-15-24(20(3)4)30(23)34-32(38)27(35-40)18-22(36)17-26(21-11-6-5-7-12-21)29-31(37)25-13-8-9-16-28(25)41-33(29)39/h5-16,19-20,26,37,40H,17-18H2,1-4H3,(H,34,38)/b35-27-. The van der Waals surface area contributed by atoms with Crippen LogP contribution in [0.5, 0.6) is 5.75 Å². The van der Waals surface area contributed by atoms with Crippen LogP contribution < -0.4 is 10.9 Å². The van der Waals surface area contributed by atoms with Gasteiger partial charge >= 0.3 is 5.63 Å². The number of amides is 1. The van der Waals surface area contributed by atoms with Crippen LogP contribution in [-0.4, -0.2) is 27.7 Å². The quantitative estimate of drug-likeness (QED) is 0.0866. The van der Waals surface area contributed by atoms with E-state index in [0.717, 1.165) is 11.1 Å². The van der Waals surface area contributed by atoms with E-state index in [4.69, 9.17) is 4.42 Å². The van der Waals surface area contributed by atoms with Gasteiger partial charge in [-0.15, -0.1) is 0 Å². The number of oxime groups is 1. The van der Waals surface area contributed by atoms with Crippen LogP contribution in [0.2, 0.25) is 0 Å². The molecule has 0 spiro atoms. The summed E-state index contributed by atoms with van der Waals surface area (Å²) in [6.45, 7) is 8.06. The first kappa shape index (κ1) is 29.3. The van der Waals surface area contributed by atoms with Gasteiger partial charge in [-0.2, -0.15) is 0 Å².